The number of unbranched alkanes of at least 4 members (excludes halogenated alkanes) is 2. The van der Waals surface area contributed by atoms with E-state index in [4.69, 9.17) is 6.42 Å². The molecule has 0 aliphatic rings. The normalized spacial score (nSPS) is 12.0. The van der Waals surface area contributed by atoms with Gasteiger partial charge in [0, 0.05) is 12.3 Å². The van der Waals surface area contributed by atoms with Gasteiger partial charge in [-0.1, -0.05) is 13.3 Å². The van der Waals surface area contributed by atoms with Crippen molar-refractivity contribution in [3.63, 3.8) is 0 Å². The molecule has 56 valence electrons. The third kappa shape index (κ3) is 5.37. The molecule has 0 saturated heterocycles. The van der Waals surface area contributed by atoms with Crippen LogP contribution in [-0.2, 0) is 4.79 Å². The third-order valence-electron chi connectivity index (χ3n) is 1.46. The van der Waals surface area contributed by atoms with Gasteiger partial charge in [-0.25, -0.2) is 0 Å². The summed E-state index contributed by atoms with van der Waals surface area (Å²) in [4.78, 5) is 10.1. The quantitative estimate of drug-likeness (QED) is 0.322. The summed E-state index contributed by atoms with van der Waals surface area (Å²) < 4.78 is 0. The lowest BCUT2D eigenvalue weighted by molar-refractivity contribution is -0.110. The predicted octanol–water partition coefficient (Wildman–Crippen LogP) is 2.01. The van der Waals surface area contributed by atoms with Crippen molar-refractivity contribution < 1.29 is 4.79 Å². The van der Waals surface area contributed by atoms with E-state index >= 15 is 0 Å². The molecule has 0 aliphatic carbocycles. The second-order valence-electron chi connectivity index (χ2n) is 2.56. The molecule has 1 atom stereocenters. The molecule has 0 amide bonds. The summed E-state index contributed by atoms with van der Waals surface area (Å²) in [6.07, 6.45) is 9.99. The summed E-state index contributed by atoms with van der Waals surface area (Å²) in [7, 11) is 0. The summed E-state index contributed by atoms with van der Waals surface area (Å²) in [6.45, 7) is 1.93. The first kappa shape index (κ1) is 9.23. The first-order valence-corrected chi connectivity index (χ1v) is 3.70. The van der Waals surface area contributed by atoms with Crippen LogP contribution in [0, 0.1) is 18.3 Å². The van der Waals surface area contributed by atoms with Crippen molar-refractivity contribution in [2.24, 2.45) is 5.92 Å². The summed E-state index contributed by atoms with van der Waals surface area (Å²) in [5.74, 6) is 2.78. The van der Waals surface area contributed by atoms with E-state index in [2.05, 4.69) is 5.92 Å². The number of carbonyl (C=O) groups excluding carboxylic acids is 1. The van der Waals surface area contributed by atoms with E-state index in [9.17, 15) is 4.79 Å². The fourth-order valence-corrected chi connectivity index (χ4v) is 0.761. The molecular formula is C9H14O. The average Bonchev–Trinajstić information content (AvgIpc) is 1.98. The fourth-order valence-electron chi connectivity index (χ4n) is 0.761. The molecule has 0 N–H and O–H groups in total. The maximum Gasteiger partial charge on any atom is 0.122 e. The highest BCUT2D eigenvalue weighted by atomic mass is 16.1. The van der Waals surface area contributed by atoms with Gasteiger partial charge in [-0.3, -0.25) is 0 Å². The molecule has 0 spiro atoms. The fraction of sp³-hybridized carbons (Fsp3) is 0.667. The van der Waals surface area contributed by atoms with Gasteiger partial charge in [0.15, 0.2) is 0 Å². The first-order chi connectivity index (χ1) is 4.81. The van der Waals surface area contributed by atoms with Crippen LogP contribution >= 0.6 is 0 Å². The molecule has 10 heavy (non-hydrogen) atoms. The van der Waals surface area contributed by atoms with Gasteiger partial charge in [0.25, 0.3) is 0 Å². The number of hydrogen-bond donors (Lipinski definition) is 0. The Morgan fingerprint density at radius 3 is 2.80 bits per heavy atom. The predicted molar refractivity (Wildman–Crippen MR) is 42.5 cm³/mol. The topological polar surface area (TPSA) is 17.1 Å². The van der Waals surface area contributed by atoms with Gasteiger partial charge in [-0.15, -0.1) is 12.3 Å². The van der Waals surface area contributed by atoms with Crippen molar-refractivity contribution in [2.75, 3.05) is 0 Å². The van der Waals surface area contributed by atoms with Crippen LogP contribution in [0.15, 0.2) is 0 Å². The van der Waals surface area contributed by atoms with Crippen molar-refractivity contribution in [2.45, 2.75) is 32.6 Å². The first-order valence-electron chi connectivity index (χ1n) is 3.70. The molecule has 0 bridgehead atoms. The molecule has 0 heterocycles. The Balaban J connectivity index is 3.05. The van der Waals surface area contributed by atoms with Crippen LogP contribution in [0.3, 0.4) is 0 Å². The average molecular weight is 138 g/mol. The van der Waals surface area contributed by atoms with Crippen LogP contribution in [-0.4, -0.2) is 6.29 Å². The molecule has 0 rings (SSSR count). The Kier molecular flexibility index (Phi) is 5.86. The highest BCUT2D eigenvalue weighted by Crippen LogP contribution is 2.05. The molecule has 0 aliphatic heterocycles. The standard InChI is InChI=1S/C9H14O/c1-3-4-5-6-7-9(2)8-10/h1,8-9H,4-7H2,2H3. The van der Waals surface area contributed by atoms with E-state index in [0.717, 1.165) is 32.0 Å². The largest absolute Gasteiger partial charge is 0.303 e. The molecular weight excluding hydrogens is 124 g/mol. The van der Waals surface area contributed by atoms with Crippen LogP contribution in [0.4, 0.5) is 0 Å². The number of aldehydes is 1. The van der Waals surface area contributed by atoms with Gasteiger partial charge >= 0.3 is 0 Å². The van der Waals surface area contributed by atoms with Gasteiger partial charge < -0.3 is 4.79 Å². The summed E-state index contributed by atoms with van der Waals surface area (Å²) in [6, 6.07) is 0. The molecule has 1 nitrogen and oxygen atoms in total. The Morgan fingerprint density at radius 1 is 1.60 bits per heavy atom. The highest BCUT2D eigenvalue weighted by molar-refractivity contribution is 5.52. The number of terminal acetylenes is 1. The number of hydrogen-bond acceptors (Lipinski definition) is 1. The van der Waals surface area contributed by atoms with Crippen molar-refractivity contribution in [3.8, 4) is 12.3 Å². The maximum atomic E-state index is 10.1. The Bertz CT molecular complexity index is 121. The maximum absolute atomic E-state index is 10.1. The Hall–Kier alpha value is -0.770. The van der Waals surface area contributed by atoms with E-state index in [0.29, 0.717) is 0 Å². The number of carbonyl (C=O) groups is 1. The second kappa shape index (κ2) is 6.35. The van der Waals surface area contributed by atoms with Crippen molar-refractivity contribution >= 4 is 6.29 Å². The van der Waals surface area contributed by atoms with Gasteiger partial charge in [-0.05, 0) is 12.8 Å². The lowest BCUT2D eigenvalue weighted by Crippen LogP contribution is -1.94. The molecule has 0 radical (unpaired) electrons. The van der Waals surface area contributed by atoms with Crippen LogP contribution in [0.2, 0.25) is 0 Å². The molecule has 0 fully saturated rings. The Labute approximate surface area is 62.8 Å². The molecule has 0 aromatic heterocycles. The van der Waals surface area contributed by atoms with E-state index in [1.165, 1.54) is 0 Å². The van der Waals surface area contributed by atoms with Gasteiger partial charge in [-0.2, -0.15) is 0 Å². The van der Waals surface area contributed by atoms with Crippen LogP contribution in [0.1, 0.15) is 32.6 Å². The zero-order valence-corrected chi connectivity index (χ0v) is 6.47. The lowest BCUT2D eigenvalue weighted by atomic mass is 10.1. The highest BCUT2D eigenvalue weighted by Gasteiger charge is 1.96. The van der Waals surface area contributed by atoms with Crippen molar-refractivity contribution in [1.29, 1.82) is 0 Å². The minimum atomic E-state index is 0.206. The zero-order chi connectivity index (χ0) is 7.82. The second-order valence-corrected chi connectivity index (χ2v) is 2.56. The Morgan fingerprint density at radius 2 is 2.30 bits per heavy atom. The monoisotopic (exact) mass is 138 g/mol. The summed E-state index contributed by atoms with van der Waals surface area (Å²) >= 11 is 0. The minimum absolute atomic E-state index is 0.206. The number of rotatable bonds is 5. The zero-order valence-electron chi connectivity index (χ0n) is 6.47. The van der Waals surface area contributed by atoms with Crippen LogP contribution in [0.5, 0.6) is 0 Å². The van der Waals surface area contributed by atoms with Crippen LogP contribution < -0.4 is 0 Å². The summed E-state index contributed by atoms with van der Waals surface area (Å²) in [5.41, 5.74) is 0. The van der Waals surface area contributed by atoms with E-state index in [1.807, 2.05) is 6.92 Å². The van der Waals surface area contributed by atoms with E-state index in [1.54, 1.807) is 0 Å². The molecule has 1 heteroatoms. The lowest BCUT2D eigenvalue weighted by Gasteiger charge is -1.99. The smallest absolute Gasteiger partial charge is 0.122 e. The molecule has 0 saturated carbocycles. The van der Waals surface area contributed by atoms with E-state index in [-0.39, 0.29) is 5.92 Å². The van der Waals surface area contributed by atoms with E-state index < -0.39 is 0 Å². The van der Waals surface area contributed by atoms with Crippen molar-refractivity contribution in [1.82, 2.24) is 0 Å². The van der Waals surface area contributed by atoms with Crippen LogP contribution in [0.25, 0.3) is 0 Å². The molecule has 0 aromatic carbocycles. The minimum Gasteiger partial charge on any atom is -0.303 e. The summed E-state index contributed by atoms with van der Waals surface area (Å²) in [5, 5.41) is 0. The van der Waals surface area contributed by atoms with Crippen molar-refractivity contribution in [3.05, 3.63) is 0 Å². The molecule has 1 unspecified atom stereocenters. The SMILES string of the molecule is C#CCCCCC(C)C=O. The van der Waals surface area contributed by atoms with Gasteiger partial charge in [0.1, 0.15) is 6.29 Å². The van der Waals surface area contributed by atoms with Gasteiger partial charge in [0.05, 0.1) is 0 Å². The third-order valence-corrected chi connectivity index (χ3v) is 1.46. The van der Waals surface area contributed by atoms with Gasteiger partial charge in [0.2, 0.25) is 0 Å². The molecule has 0 aromatic rings.